The van der Waals surface area contributed by atoms with Crippen LogP contribution in [0.15, 0.2) is 66.9 Å². The Labute approximate surface area is 245 Å². The molecule has 1 aliphatic carbocycles. The molecule has 11 nitrogen and oxygen atoms in total. The predicted octanol–water partition coefficient (Wildman–Crippen LogP) is 3.19. The summed E-state index contributed by atoms with van der Waals surface area (Å²) in [4.78, 5) is 35.3. The predicted molar refractivity (Wildman–Crippen MR) is 162 cm³/mol. The van der Waals surface area contributed by atoms with E-state index in [0.29, 0.717) is 24.0 Å². The van der Waals surface area contributed by atoms with Crippen LogP contribution in [0.5, 0.6) is 0 Å². The van der Waals surface area contributed by atoms with Gasteiger partial charge in [0.2, 0.25) is 17.6 Å². The second-order valence-electron chi connectivity index (χ2n) is 11.1. The Morgan fingerprint density at radius 2 is 1.71 bits per heavy atom. The number of amides is 2. The number of benzene rings is 2. The highest BCUT2D eigenvalue weighted by Crippen LogP contribution is 2.33. The Balaban J connectivity index is 1.46. The molecule has 0 bridgehead atoms. The number of H-pyrrole nitrogens is 1. The van der Waals surface area contributed by atoms with Crippen LogP contribution in [0.25, 0.3) is 22.5 Å². The molecule has 218 valence electrons. The highest BCUT2D eigenvalue weighted by Gasteiger charge is 2.36. The molecule has 0 aliphatic heterocycles. The minimum Gasteiger partial charge on any atom is -0.368 e. The smallest absolute Gasteiger partial charge is 0.240 e. The topological polar surface area (TPSA) is 160 Å². The van der Waals surface area contributed by atoms with Crippen LogP contribution in [0.3, 0.4) is 0 Å². The number of hydrogen-bond donors (Lipinski definition) is 3. The number of pyridine rings is 1. The third-order valence-electron chi connectivity index (χ3n) is 8.05. The van der Waals surface area contributed by atoms with Crippen molar-refractivity contribution < 1.29 is 9.59 Å². The number of hydrogen-bond acceptors (Lipinski definition) is 8. The number of nitrogens with zero attached hydrogens (tertiary/aromatic N) is 6. The fourth-order valence-corrected chi connectivity index (χ4v) is 5.60. The maximum Gasteiger partial charge on any atom is 0.240 e. The van der Waals surface area contributed by atoms with Crippen molar-refractivity contribution in [2.45, 2.75) is 38.1 Å². The van der Waals surface area contributed by atoms with E-state index in [1.807, 2.05) is 73.7 Å². The van der Waals surface area contributed by atoms with Crippen molar-refractivity contribution in [3.05, 3.63) is 72.4 Å². The summed E-state index contributed by atoms with van der Waals surface area (Å²) in [6, 6.07) is 18.3. The summed E-state index contributed by atoms with van der Waals surface area (Å²) in [6.07, 6.45) is 5.34. The van der Waals surface area contributed by atoms with E-state index < -0.39 is 11.9 Å². The molecule has 2 amide bonds. The molecule has 0 saturated heterocycles. The summed E-state index contributed by atoms with van der Waals surface area (Å²) in [6.45, 7) is 0.621. The highest BCUT2D eigenvalue weighted by atomic mass is 16.2. The average molecular weight is 568 g/mol. The number of carbonyl (C=O) groups is 2. The molecule has 42 heavy (non-hydrogen) atoms. The number of aromatic nitrogens is 5. The Kier molecular flexibility index (Phi) is 8.87. The van der Waals surface area contributed by atoms with E-state index in [0.717, 1.165) is 53.8 Å². The number of anilines is 2. The molecule has 5 rings (SSSR count). The van der Waals surface area contributed by atoms with Crippen LogP contribution in [0.4, 0.5) is 11.5 Å². The zero-order valence-corrected chi connectivity index (χ0v) is 24.0. The van der Waals surface area contributed by atoms with Crippen LogP contribution >= 0.6 is 0 Å². The Morgan fingerprint density at radius 1 is 0.976 bits per heavy atom. The van der Waals surface area contributed by atoms with Gasteiger partial charge in [0.25, 0.3) is 0 Å². The highest BCUT2D eigenvalue weighted by molar-refractivity contribution is 6.01. The van der Waals surface area contributed by atoms with E-state index in [-0.39, 0.29) is 18.2 Å². The Hall–Kier alpha value is -4.64. The summed E-state index contributed by atoms with van der Waals surface area (Å²) in [5, 5.41) is 14.1. The lowest BCUT2D eigenvalue weighted by atomic mass is 9.81. The van der Waals surface area contributed by atoms with Gasteiger partial charge in [-0.15, -0.1) is 10.2 Å². The molecular weight excluding hydrogens is 530 g/mol. The van der Waals surface area contributed by atoms with Gasteiger partial charge in [0.05, 0.1) is 0 Å². The number of primary amides is 1. The lowest BCUT2D eigenvalue weighted by molar-refractivity contribution is -0.127. The van der Waals surface area contributed by atoms with Crippen molar-refractivity contribution in [3.63, 3.8) is 0 Å². The SMILES string of the molecule is CN(C)c1ccc(-c2cccc(C[C@@H](C(N)=O)N(C(=O)C3CCC(CN)CC3)c3ccc(-c4nn[nH]n4)cc3)c2)cn1. The third kappa shape index (κ3) is 6.46. The van der Waals surface area contributed by atoms with Crippen molar-refractivity contribution in [3.8, 4) is 22.5 Å². The minimum atomic E-state index is -0.884. The molecule has 1 fully saturated rings. The van der Waals surface area contributed by atoms with Crippen LogP contribution in [-0.4, -0.2) is 64.1 Å². The summed E-state index contributed by atoms with van der Waals surface area (Å²) >= 11 is 0. The molecule has 2 aromatic heterocycles. The number of rotatable bonds is 10. The molecule has 0 radical (unpaired) electrons. The van der Waals surface area contributed by atoms with Crippen LogP contribution in [-0.2, 0) is 16.0 Å². The zero-order chi connectivity index (χ0) is 29.6. The van der Waals surface area contributed by atoms with Crippen molar-refractivity contribution in [2.24, 2.45) is 23.3 Å². The van der Waals surface area contributed by atoms with Gasteiger partial charge in [-0.25, -0.2) is 4.98 Å². The van der Waals surface area contributed by atoms with Gasteiger partial charge in [-0.05, 0) is 90.9 Å². The van der Waals surface area contributed by atoms with Gasteiger partial charge in [0.15, 0.2) is 0 Å². The van der Waals surface area contributed by atoms with Gasteiger partial charge >= 0.3 is 0 Å². The minimum absolute atomic E-state index is 0.0961. The maximum atomic E-state index is 14.2. The summed E-state index contributed by atoms with van der Waals surface area (Å²) in [5.41, 5.74) is 16.1. The largest absolute Gasteiger partial charge is 0.368 e. The molecule has 0 spiro atoms. The molecule has 0 unspecified atom stereocenters. The normalized spacial score (nSPS) is 17.4. The lowest BCUT2D eigenvalue weighted by Gasteiger charge is -2.35. The van der Waals surface area contributed by atoms with Gasteiger partial charge in [0.1, 0.15) is 11.9 Å². The first-order valence-corrected chi connectivity index (χ1v) is 14.2. The molecule has 1 atom stereocenters. The van der Waals surface area contributed by atoms with E-state index in [4.69, 9.17) is 11.5 Å². The van der Waals surface area contributed by atoms with Crippen LogP contribution < -0.4 is 21.3 Å². The fraction of sp³-hybridized carbons (Fsp3) is 0.355. The van der Waals surface area contributed by atoms with Crippen molar-refractivity contribution in [1.82, 2.24) is 25.6 Å². The van der Waals surface area contributed by atoms with E-state index in [2.05, 4.69) is 25.6 Å². The van der Waals surface area contributed by atoms with Crippen molar-refractivity contribution >= 4 is 23.3 Å². The quantitative estimate of drug-likeness (QED) is 0.263. The first-order chi connectivity index (χ1) is 20.3. The van der Waals surface area contributed by atoms with E-state index >= 15 is 0 Å². The molecule has 1 saturated carbocycles. The monoisotopic (exact) mass is 567 g/mol. The standard InChI is InChI=1S/C31H37N9O2/c1-39(2)28-15-12-25(19-34-28)24-5-3-4-21(16-24)17-27(29(33)41)40(31(42)23-8-6-20(18-32)7-9-23)26-13-10-22(11-14-26)30-35-37-38-36-30/h3-5,10-16,19-20,23,27H,6-9,17-18,32H2,1-2H3,(H2,33,41)(H,35,36,37,38)/t20?,23?,27-/m0/s1. The third-order valence-corrected chi connectivity index (χ3v) is 8.05. The van der Waals surface area contributed by atoms with E-state index in [1.54, 1.807) is 17.0 Å². The number of carbonyl (C=O) groups excluding carboxylic acids is 2. The Morgan fingerprint density at radius 3 is 2.31 bits per heavy atom. The summed E-state index contributed by atoms with van der Waals surface area (Å²) < 4.78 is 0. The molecule has 11 heteroatoms. The fourth-order valence-electron chi connectivity index (χ4n) is 5.60. The van der Waals surface area contributed by atoms with E-state index in [9.17, 15) is 9.59 Å². The van der Waals surface area contributed by atoms with Gasteiger partial charge in [0, 0.05) is 49.4 Å². The molecule has 2 heterocycles. The van der Waals surface area contributed by atoms with Gasteiger partial charge in [-0.3, -0.25) is 14.5 Å². The van der Waals surface area contributed by atoms with E-state index in [1.165, 1.54) is 0 Å². The van der Waals surface area contributed by atoms with Crippen molar-refractivity contribution in [2.75, 3.05) is 30.4 Å². The van der Waals surface area contributed by atoms with Gasteiger partial charge < -0.3 is 16.4 Å². The maximum absolute atomic E-state index is 14.2. The molecule has 2 aromatic carbocycles. The molecule has 5 N–H and O–H groups in total. The number of nitrogens with one attached hydrogen (secondary N) is 1. The summed E-state index contributed by atoms with van der Waals surface area (Å²) in [5.74, 6) is 0.858. The van der Waals surface area contributed by atoms with Crippen LogP contribution in [0.2, 0.25) is 0 Å². The van der Waals surface area contributed by atoms with Gasteiger partial charge in [-0.1, -0.05) is 24.3 Å². The Bertz CT molecular complexity index is 1480. The second-order valence-corrected chi connectivity index (χ2v) is 11.1. The molecular formula is C31H37N9O2. The lowest BCUT2D eigenvalue weighted by Crippen LogP contribution is -2.52. The zero-order valence-electron chi connectivity index (χ0n) is 24.0. The van der Waals surface area contributed by atoms with Crippen LogP contribution in [0.1, 0.15) is 31.2 Å². The first kappa shape index (κ1) is 28.9. The van der Waals surface area contributed by atoms with Crippen molar-refractivity contribution in [1.29, 1.82) is 0 Å². The molecule has 4 aromatic rings. The average Bonchev–Trinajstić information content (AvgIpc) is 3.56. The summed E-state index contributed by atoms with van der Waals surface area (Å²) in [7, 11) is 3.89. The van der Waals surface area contributed by atoms with Gasteiger partial charge in [-0.2, -0.15) is 5.21 Å². The van der Waals surface area contributed by atoms with Crippen LogP contribution in [0, 0.1) is 11.8 Å². The number of tetrazole rings is 1. The number of nitrogens with two attached hydrogens (primary N) is 2. The number of aromatic amines is 1. The first-order valence-electron chi connectivity index (χ1n) is 14.2. The molecule has 1 aliphatic rings. The second kappa shape index (κ2) is 12.9.